The lowest BCUT2D eigenvalue weighted by Gasteiger charge is -2.09. The number of amides is 1. The van der Waals surface area contributed by atoms with E-state index in [1.165, 1.54) is 6.20 Å². The van der Waals surface area contributed by atoms with Crippen molar-refractivity contribution in [3.05, 3.63) is 48.2 Å². The van der Waals surface area contributed by atoms with Crippen molar-refractivity contribution >= 4 is 24.1 Å². The lowest BCUT2D eigenvalue weighted by molar-refractivity contribution is 0.102. The van der Waals surface area contributed by atoms with Crippen LogP contribution < -0.4 is 10.6 Å². The summed E-state index contributed by atoms with van der Waals surface area (Å²) < 4.78 is 0. The van der Waals surface area contributed by atoms with Gasteiger partial charge in [0.1, 0.15) is 11.5 Å². The van der Waals surface area contributed by atoms with Gasteiger partial charge in [0, 0.05) is 6.20 Å². The van der Waals surface area contributed by atoms with Gasteiger partial charge >= 0.3 is 0 Å². The van der Waals surface area contributed by atoms with Gasteiger partial charge in [0.25, 0.3) is 5.91 Å². The number of hydrogen-bond acceptors (Lipinski definition) is 5. The Morgan fingerprint density at radius 1 is 1.24 bits per heavy atom. The van der Waals surface area contributed by atoms with Crippen molar-refractivity contribution in [2.75, 3.05) is 11.9 Å². The fourth-order valence-corrected chi connectivity index (χ4v) is 2.19. The number of nitrogens with one attached hydrogen (secondary N) is 2. The minimum absolute atomic E-state index is 0. The van der Waals surface area contributed by atoms with Crippen molar-refractivity contribution < 1.29 is 4.79 Å². The highest BCUT2D eigenvalue weighted by Gasteiger charge is 2.18. The summed E-state index contributed by atoms with van der Waals surface area (Å²) in [6.45, 7) is 1.01. The number of carbonyl (C=O) groups is 1. The number of anilines is 1. The number of pyridine rings is 1. The smallest absolute Gasteiger partial charge is 0.277 e. The molecule has 0 bridgehead atoms. The molecule has 0 saturated carbocycles. The van der Waals surface area contributed by atoms with Gasteiger partial charge in [0.05, 0.1) is 24.1 Å². The second-order valence-corrected chi connectivity index (χ2v) is 4.64. The average Bonchev–Trinajstić information content (AvgIpc) is 3.03. The van der Waals surface area contributed by atoms with Crippen LogP contribution in [0.1, 0.15) is 35.1 Å². The highest BCUT2D eigenvalue weighted by atomic mass is 35.5. The van der Waals surface area contributed by atoms with Crippen LogP contribution in [0.15, 0.2) is 36.8 Å². The maximum atomic E-state index is 12.0. The summed E-state index contributed by atoms with van der Waals surface area (Å²) in [7, 11) is 0. The Morgan fingerprint density at radius 3 is 2.76 bits per heavy atom. The van der Waals surface area contributed by atoms with Crippen LogP contribution in [-0.4, -0.2) is 27.4 Å². The van der Waals surface area contributed by atoms with E-state index in [-0.39, 0.29) is 30.0 Å². The minimum atomic E-state index is -0.304. The topological polar surface area (TPSA) is 79.8 Å². The Kier molecular flexibility index (Phi) is 5.19. The highest BCUT2D eigenvalue weighted by molar-refractivity contribution is 6.02. The Morgan fingerprint density at radius 2 is 2.14 bits per heavy atom. The van der Waals surface area contributed by atoms with E-state index < -0.39 is 0 Å². The van der Waals surface area contributed by atoms with Crippen LogP contribution in [0.2, 0.25) is 0 Å². The maximum absolute atomic E-state index is 12.0. The molecule has 21 heavy (non-hydrogen) atoms. The summed E-state index contributed by atoms with van der Waals surface area (Å²) in [5.41, 5.74) is 1.18. The van der Waals surface area contributed by atoms with Crippen molar-refractivity contribution in [2.24, 2.45) is 0 Å². The van der Waals surface area contributed by atoms with E-state index in [9.17, 15) is 4.79 Å². The van der Waals surface area contributed by atoms with Crippen LogP contribution in [0.25, 0.3) is 0 Å². The molecule has 1 fully saturated rings. The molecule has 1 aliphatic rings. The first-order valence-electron chi connectivity index (χ1n) is 6.60. The highest BCUT2D eigenvalue weighted by Crippen LogP contribution is 2.20. The number of halogens is 1. The molecule has 3 heterocycles. The first-order chi connectivity index (χ1) is 9.83. The Labute approximate surface area is 128 Å². The molecule has 3 rings (SSSR count). The van der Waals surface area contributed by atoms with Crippen molar-refractivity contribution in [2.45, 2.75) is 18.9 Å². The molecule has 2 N–H and O–H groups in total. The van der Waals surface area contributed by atoms with Crippen molar-refractivity contribution in [3.8, 4) is 0 Å². The van der Waals surface area contributed by atoms with Gasteiger partial charge in [-0.1, -0.05) is 6.07 Å². The van der Waals surface area contributed by atoms with Gasteiger partial charge in [-0.05, 0) is 31.5 Å². The first kappa shape index (κ1) is 15.3. The summed E-state index contributed by atoms with van der Waals surface area (Å²) >= 11 is 0. The zero-order valence-electron chi connectivity index (χ0n) is 11.3. The molecule has 7 heteroatoms. The van der Waals surface area contributed by atoms with Crippen LogP contribution in [0.5, 0.6) is 0 Å². The third kappa shape index (κ3) is 3.74. The Bertz CT molecular complexity index is 584. The summed E-state index contributed by atoms with van der Waals surface area (Å²) in [4.78, 5) is 24.5. The third-order valence-electron chi connectivity index (χ3n) is 3.23. The molecule has 1 atom stereocenters. The van der Waals surface area contributed by atoms with E-state index in [2.05, 4.69) is 25.6 Å². The largest absolute Gasteiger partial charge is 0.309 e. The molecule has 1 unspecified atom stereocenters. The van der Waals surface area contributed by atoms with Gasteiger partial charge in [0.2, 0.25) is 0 Å². The number of aromatic nitrogens is 3. The van der Waals surface area contributed by atoms with E-state index in [1.54, 1.807) is 24.5 Å². The van der Waals surface area contributed by atoms with E-state index in [0.29, 0.717) is 5.82 Å². The predicted molar refractivity (Wildman–Crippen MR) is 81.4 cm³/mol. The molecule has 110 valence electrons. The molecular weight excluding hydrogens is 290 g/mol. The molecule has 2 aromatic rings. The van der Waals surface area contributed by atoms with E-state index in [0.717, 1.165) is 25.1 Å². The van der Waals surface area contributed by atoms with E-state index in [4.69, 9.17) is 0 Å². The second-order valence-electron chi connectivity index (χ2n) is 4.64. The van der Waals surface area contributed by atoms with Crippen molar-refractivity contribution in [1.82, 2.24) is 20.3 Å². The minimum Gasteiger partial charge on any atom is -0.309 e. The second kappa shape index (κ2) is 7.10. The lowest BCUT2D eigenvalue weighted by atomic mass is 10.2. The van der Waals surface area contributed by atoms with Gasteiger partial charge in [-0.3, -0.25) is 9.78 Å². The number of hydrogen-bond donors (Lipinski definition) is 2. The molecule has 0 radical (unpaired) electrons. The number of nitrogens with zero attached hydrogens (tertiary/aromatic N) is 3. The third-order valence-corrected chi connectivity index (χ3v) is 3.23. The van der Waals surface area contributed by atoms with Crippen molar-refractivity contribution in [1.29, 1.82) is 0 Å². The Balaban J connectivity index is 0.00000161. The van der Waals surface area contributed by atoms with Gasteiger partial charge in [-0.25, -0.2) is 9.97 Å². The molecule has 0 aliphatic carbocycles. The standard InChI is InChI=1S/C14H15N5O.ClH/c20-14(19-13-5-1-2-6-16-13)12-9-17-11(8-18-12)10-4-3-7-15-10;/h1-2,5-6,8-10,15H,3-4,7H2,(H,16,19,20);1H. The summed E-state index contributed by atoms with van der Waals surface area (Å²) in [5, 5.41) is 6.03. The summed E-state index contributed by atoms with van der Waals surface area (Å²) in [6.07, 6.45) is 7.00. The summed E-state index contributed by atoms with van der Waals surface area (Å²) in [5.74, 6) is 0.197. The van der Waals surface area contributed by atoms with Crippen LogP contribution >= 0.6 is 12.4 Å². The van der Waals surface area contributed by atoms with Crippen LogP contribution in [0.4, 0.5) is 5.82 Å². The van der Waals surface area contributed by atoms with Crippen molar-refractivity contribution in [3.63, 3.8) is 0 Å². The monoisotopic (exact) mass is 305 g/mol. The molecule has 0 spiro atoms. The molecule has 2 aromatic heterocycles. The number of rotatable bonds is 3. The van der Waals surface area contributed by atoms with Crippen LogP contribution in [-0.2, 0) is 0 Å². The maximum Gasteiger partial charge on any atom is 0.277 e. The predicted octanol–water partition coefficient (Wildman–Crippen LogP) is 1.97. The van der Waals surface area contributed by atoms with Gasteiger partial charge in [-0.2, -0.15) is 0 Å². The fraction of sp³-hybridized carbons (Fsp3) is 0.286. The first-order valence-corrected chi connectivity index (χ1v) is 6.60. The quantitative estimate of drug-likeness (QED) is 0.906. The molecular formula is C14H16ClN5O. The zero-order chi connectivity index (χ0) is 13.8. The SMILES string of the molecule is Cl.O=C(Nc1ccccn1)c1cnc(C2CCCN2)cn1. The van der Waals surface area contributed by atoms with E-state index in [1.807, 2.05) is 6.07 Å². The van der Waals surface area contributed by atoms with Gasteiger partial charge in [-0.15, -0.1) is 12.4 Å². The number of carbonyl (C=O) groups excluding carboxylic acids is 1. The molecule has 0 aromatic carbocycles. The average molecular weight is 306 g/mol. The summed E-state index contributed by atoms with van der Waals surface area (Å²) in [6, 6.07) is 5.58. The fourth-order valence-electron chi connectivity index (χ4n) is 2.19. The molecule has 1 aliphatic heterocycles. The normalized spacial score (nSPS) is 17.0. The van der Waals surface area contributed by atoms with Gasteiger partial charge < -0.3 is 10.6 Å². The van der Waals surface area contributed by atoms with Gasteiger partial charge in [0.15, 0.2) is 0 Å². The van der Waals surface area contributed by atoms with Crippen LogP contribution in [0, 0.1) is 0 Å². The lowest BCUT2D eigenvalue weighted by Crippen LogP contribution is -2.18. The molecule has 1 saturated heterocycles. The van der Waals surface area contributed by atoms with E-state index >= 15 is 0 Å². The molecule has 6 nitrogen and oxygen atoms in total. The Hall–Kier alpha value is -2.05. The zero-order valence-corrected chi connectivity index (χ0v) is 12.1. The van der Waals surface area contributed by atoms with Crippen LogP contribution in [0.3, 0.4) is 0 Å². The molecule has 1 amide bonds.